The number of oxazole rings is 1. The number of aryl methyl sites for hydroxylation is 1. The molecule has 2 aromatic heterocycles. The Labute approximate surface area is 177 Å². The van der Waals surface area contributed by atoms with Gasteiger partial charge in [0.25, 0.3) is 0 Å². The van der Waals surface area contributed by atoms with Crippen LogP contribution in [0.5, 0.6) is 11.8 Å². The summed E-state index contributed by atoms with van der Waals surface area (Å²) in [4.78, 5) is 8.91. The SMILES string of the molecule is Cn1c(NCc2ccc(Oc3nc4cc(Cl)ccc4o3)cc2)nc2ccc(N)cc21. The summed E-state index contributed by atoms with van der Waals surface area (Å²) in [5.74, 6) is 1.41. The van der Waals surface area contributed by atoms with Gasteiger partial charge in [-0.15, -0.1) is 0 Å². The summed E-state index contributed by atoms with van der Waals surface area (Å²) in [5.41, 5.74) is 10.8. The molecular weight excluding hydrogens is 402 g/mol. The normalized spacial score (nSPS) is 11.3. The molecule has 0 saturated heterocycles. The molecule has 7 nitrogen and oxygen atoms in total. The van der Waals surface area contributed by atoms with Gasteiger partial charge >= 0.3 is 6.08 Å². The number of imidazole rings is 1. The van der Waals surface area contributed by atoms with Crippen LogP contribution in [0.15, 0.2) is 65.1 Å². The average Bonchev–Trinajstić information content (AvgIpc) is 3.27. The Morgan fingerprint density at radius 3 is 2.70 bits per heavy atom. The van der Waals surface area contributed by atoms with Crippen LogP contribution < -0.4 is 15.8 Å². The van der Waals surface area contributed by atoms with Gasteiger partial charge in [0.1, 0.15) is 11.3 Å². The summed E-state index contributed by atoms with van der Waals surface area (Å²) in [5, 5.41) is 3.96. The van der Waals surface area contributed by atoms with Crippen LogP contribution >= 0.6 is 11.6 Å². The highest BCUT2D eigenvalue weighted by atomic mass is 35.5. The predicted molar refractivity (Wildman–Crippen MR) is 118 cm³/mol. The fourth-order valence-corrected chi connectivity index (χ4v) is 3.41. The van der Waals surface area contributed by atoms with Gasteiger partial charge in [-0.05, 0) is 54.1 Å². The monoisotopic (exact) mass is 419 g/mol. The largest absolute Gasteiger partial charge is 0.411 e. The number of aromatic nitrogens is 3. The summed E-state index contributed by atoms with van der Waals surface area (Å²) in [6.45, 7) is 0.619. The molecular formula is C22H18ClN5O2. The highest BCUT2D eigenvalue weighted by molar-refractivity contribution is 6.31. The third kappa shape index (κ3) is 3.51. The molecule has 0 amide bonds. The second kappa shape index (κ2) is 7.27. The molecule has 3 N–H and O–H groups in total. The Morgan fingerprint density at radius 1 is 1.03 bits per heavy atom. The van der Waals surface area contributed by atoms with E-state index in [1.807, 2.05) is 54.1 Å². The van der Waals surface area contributed by atoms with E-state index in [0.717, 1.165) is 28.2 Å². The number of ether oxygens (including phenoxy) is 1. The average molecular weight is 420 g/mol. The maximum absolute atomic E-state index is 5.98. The fraction of sp³-hybridized carbons (Fsp3) is 0.0909. The number of rotatable bonds is 5. The first-order valence-corrected chi connectivity index (χ1v) is 9.72. The topological polar surface area (TPSA) is 91.1 Å². The molecule has 0 radical (unpaired) electrons. The first kappa shape index (κ1) is 18.3. The lowest BCUT2D eigenvalue weighted by Crippen LogP contribution is -2.04. The van der Waals surface area contributed by atoms with Gasteiger partial charge in [0.05, 0.1) is 11.0 Å². The zero-order valence-corrected chi connectivity index (χ0v) is 16.8. The predicted octanol–water partition coefficient (Wildman–Crippen LogP) is 5.35. The van der Waals surface area contributed by atoms with Crippen LogP contribution in [-0.4, -0.2) is 14.5 Å². The standard InChI is InChI=1S/C22H18ClN5O2/c1-28-19-11-15(24)5-8-17(19)26-21(28)25-12-13-2-6-16(7-3-13)29-22-27-18-10-14(23)4-9-20(18)30-22/h2-11H,12,24H2,1H3,(H,25,26). The highest BCUT2D eigenvalue weighted by Crippen LogP contribution is 2.27. The first-order chi connectivity index (χ1) is 14.5. The van der Waals surface area contributed by atoms with Gasteiger partial charge in [0.15, 0.2) is 5.58 Å². The molecule has 3 aromatic carbocycles. The first-order valence-electron chi connectivity index (χ1n) is 9.34. The molecule has 0 bridgehead atoms. The minimum atomic E-state index is 0.178. The maximum atomic E-state index is 5.98. The summed E-state index contributed by atoms with van der Waals surface area (Å²) >= 11 is 5.98. The van der Waals surface area contributed by atoms with Crippen molar-refractivity contribution in [2.45, 2.75) is 6.54 Å². The second-order valence-electron chi connectivity index (χ2n) is 6.93. The van der Waals surface area contributed by atoms with Crippen LogP contribution in [-0.2, 0) is 13.6 Å². The molecule has 0 aliphatic rings. The zero-order valence-electron chi connectivity index (χ0n) is 16.1. The van der Waals surface area contributed by atoms with E-state index in [0.29, 0.717) is 28.4 Å². The Hall–Kier alpha value is -3.71. The number of fused-ring (bicyclic) bond motifs is 2. The van der Waals surface area contributed by atoms with Gasteiger partial charge in [-0.3, -0.25) is 0 Å². The van der Waals surface area contributed by atoms with Gasteiger partial charge in [0, 0.05) is 24.3 Å². The Balaban J connectivity index is 1.27. The maximum Gasteiger partial charge on any atom is 0.400 e. The smallest absolute Gasteiger partial charge is 0.400 e. The number of nitrogen functional groups attached to an aromatic ring is 1. The van der Waals surface area contributed by atoms with Crippen LogP contribution in [0, 0.1) is 0 Å². The third-order valence-corrected chi connectivity index (χ3v) is 5.05. The Bertz CT molecular complexity index is 1360. The Kier molecular flexibility index (Phi) is 4.44. The summed E-state index contributed by atoms with van der Waals surface area (Å²) in [6.07, 6.45) is 0.178. The molecule has 0 aliphatic carbocycles. The molecule has 0 unspecified atom stereocenters. The van der Waals surface area contributed by atoms with Crippen LogP contribution in [0.2, 0.25) is 5.02 Å². The lowest BCUT2D eigenvalue weighted by atomic mass is 10.2. The van der Waals surface area contributed by atoms with Crippen molar-refractivity contribution in [1.29, 1.82) is 0 Å². The number of nitrogens with one attached hydrogen (secondary N) is 1. The molecule has 5 rings (SSSR count). The van der Waals surface area contributed by atoms with Crippen molar-refractivity contribution < 1.29 is 9.15 Å². The van der Waals surface area contributed by atoms with Crippen molar-refractivity contribution in [3.8, 4) is 11.8 Å². The van der Waals surface area contributed by atoms with Crippen LogP contribution in [0.4, 0.5) is 11.6 Å². The molecule has 30 heavy (non-hydrogen) atoms. The molecule has 8 heteroatoms. The van der Waals surface area contributed by atoms with Crippen molar-refractivity contribution in [3.63, 3.8) is 0 Å². The molecule has 0 atom stereocenters. The van der Waals surface area contributed by atoms with Gasteiger partial charge in [-0.1, -0.05) is 23.7 Å². The summed E-state index contributed by atoms with van der Waals surface area (Å²) in [7, 11) is 1.96. The van der Waals surface area contributed by atoms with Crippen LogP contribution in [0.25, 0.3) is 22.1 Å². The van der Waals surface area contributed by atoms with E-state index in [2.05, 4.69) is 15.3 Å². The number of halogens is 1. The number of hydrogen-bond donors (Lipinski definition) is 2. The van der Waals surface area contributed by atoms with Crippen LogP contribution in [0.3, 0.4) is 0 Å². The quantitative estimate of drug-likeness (QED) is 0.373. The molecule has 0 spiro atoms. The van der Waals surface area contributed by atoms with Gasteiger partial charge in [0.2, 0.25) is 5.95 Å². The van der Waals surface area contributed by atoms with Crippen LogP contribution in [0.1, 0.15) is 5.56 Å². The van der Waals surface area contributed by atoms with Crippen molar-refractivity contribution in [3.05, 3.63) is 71.2 Å². The van der Waals surface area contributed by atoms with E-state index in [1.54, 1.807) is 18.2 Å². The molecule has 150 valence electrons. The van der Waals surface area contributed by atoms with Crippen molar-refractivity contribution in [2.24, 2.45) is 7.05 Å². The Morgan fingerprint density at radius 2 is 1.87 bits per heavy atom. The summed E-state index contributed by atoms with van der Waals surface area (Å²) < 4.78 is 13.3. The van der Waals surface area contributed by atoms with E-state index in [-0.39, 0.29) is 6.08 Å². The molecule has 0 saturated carbocycles. The lowest BCUT2D eigenvalue weighted by Gasteiger charge is -2.07. The van der Waals surface area contributed by atoms with Gasteiger partial charge < -0.3 is 24.8 Å². The molecule has 0 fully saturated rings. The van der Waals surface area contributed by atoms with E-state index >= 15 is 0 Å². The van der Waals surface area contributed by atoms with Gasteiger partial charge in [-0.25, -0.2) is 4.98 Å². The van der Waals surface area contributed by atoms with Crippen molar-refractivity contribution >= 4 is 45.4 Å². The minimum Gasteiger partial charge on any atom is -0.411 e. The number of nitrogens with zero attached hydrogens (tertiary/aromatic N) is 3. The molecule has 5 aromatic rings. The van der Waals surface area contributed by atoms with E-state index in [1.165, 1.54) is 0 Å². The van der Waals surface area contributed by atoms with Crippen molar-refractivity contribution in [2.75, 3.05) is 11.1 Å². The highest BCUT2D eigenvalue weighted by Gasteiger charge is 2.10. The van der Waals surface area contributed by atoms with E-state index in [9.17, 15) is 0 Å². The minimum absolute atomic E-state index is 0.178. The number of hydrogen-bond acceptors (Lipinski definition) is 6. The number of anilines is 2. The second-order valence-corrected chi connectivity index (χ2v) is 7.37. The zero-order chi connectivity index (χ0) is 20.7. The van der Waals surface area contributed by atoms with Crippen molar-refractivity contribution in [1.82, 2.24) is 14.5 Å². The fourth-order valence-electron chi connectivity index (χ4n) is 3.25. The van der Waals surface area contributed by atoms with E-state index < -0.39 is 0 Å². The molecule has 0 aliphatic heterocycles. The van der Waals surface area contributed by atoms with E-state index in [4.69, 9.17) is 26.5 Å². The lowest BCUT2D eigenvalue weighted by molar-refractivity contribution is 0.343. The number of benzene rings is 3. The summed E-state index contributed by atoms with van der Waals surface area (Å²) in [6, 6.07) is 18.6. The third-order valence-electron chi connectivity index (χ3n) is 4.81. The molecule has 2 heterocycles. The number of nitrogens with two attached hydrogens (primary N) is 1. The van der Waals surface area contributed by atoms with Gasteiger partial charge in [-0.2, -0.15) is 4.98 Å².